The summed E-state index contributed by atoms with van der Waals surface area (Å²) in [4.78, 5) is 38.4. The summed E-state index contributed by atoms with van der Waals surface area (Å²) >= 11 is 0. The van der Waals surface area contributed by atoms with Crippen LogP contribution >= 0.6 is 0 Å². The van der Waals surface area contributed by atoms with E-state index in [-0.39, 0.29) is 31.1 Å². The number of hydrogen-bond donors (Lipinski definition) is 0. The zero-order valence-corrected chi connectivity index (χ0v) is 51.2. The van der Waals surface area contributed by atoms with Gasteiger partial charge in [0.05, 0.1) is 0 Å². The average molecular weight is 1080 g/mol. The minimum absolute atomic E-state index is 0.0741. The summed E-state index contributed by atoms with van der Waals surface area (Å²) in [6.45, 7) is 6.55. The van der Waals surface area contributed by atoms with Gasteiger partial charge >= 0.3 is 17.9 Å². The van der Waals surface area contributed by atoms with Gasteiger partial charge in [-0.2, -0.15) is 0 Å². The van der Waals surface area contributed by atoms with Crippen molar-refractivity contribution in [1.82, 2.24) is 0 Å². The molecule has 6 nitrogen and oxygen atoms in total. The number of esters is 3. The molecule has 0 aliphatic heterocycles. The van der Waals surface area contributed by atoms with Crippen LogP contribution in [0, 0.1) is 0 Å². The lowest BCUT2D eigenvalue weighted by Gasteiger charge is -2.18. The van der Waals surface area contributed by atoms with Crippen LogP contribution in [0.15, 0.2) is 72.9 Å². The first-order chi connectivity index (χ1) is 38.0. The number of carbonyl (C=O) groups is 3. The van der Waals surface area contributed by atoms with Gasteiger partial charge in [-0.25, -0.2) is 0 Å². The van der Waals surface area contributed by atoms with Gasteiger partial charge in [0.2, 0.25) is 0 Å². The monoisotopic (exact) mass is 1070 g/mol. The van der Waals surface area contributed by atoms with Crippen molar-refractivity contribution in [2.75, 3.05) is 13.2 Å². The van der Waals surface area contributed by atoms with Crippen molar-refractivity contribution in [3.05, 3.63) is 72.9 Å². The molecule has 77 heavy (non-hydrogen) atoms. The Morgan fingerprint density at radius 1 is 0.273 bits per heavy atom. The van der Waals surface area contributed by atoms with Gasteiger partial charge in [-0.3, -0.25) is 14.4 Å². The van der Waals surface area contributed by atoms with Crippen molar-refractivity contribution in [2.24, 2.45) is 0 Å². The van der Waals surface area contributed by atoms with Gasteiger partial charge in [-0.15, -0.1) is 0 Å². The third kappa shape index (κ3) is 63.6. The van der Waals surface area contributed by atoms with Crippen LogP contribution in [-0.4, -0.2) is 37.2 Å². The Bertz CT molecular complexity index is 1420. The normalized spacial score (nSPS) is 12.5. The second kappa shape index (κ2) is 65.4. The second-order valence-electron chi connectivity index (χ2n) is 22.4. The van der Waals surface area contributed by atoms with Crippen molar-refractivity contribution in [1.29, 1.82) is 0 Å². The molecule has 0 N–H and O–H groups in total. The standard InChI is InChI=1S/C71H126O6/c1-4-7-10-13-16-19-22-25-28-30-31-32-33-34-35-36-37-38-39-41-43-46-49-52-55-58-61-64-70(73)76-67-68(66-75-69(72)63-60-57-54-51-48-45-42-27-24-21-18-15-12-9-6-3)77-71(74)65-62-59-56-53-50-47-44-40-29-26-23-20-17-14-11-8-5-2/h7,10,16-17,19-20,25-26,28-29,31-32,68H,4-6,8-9,11-15,18,21-24,27,30,33-67H2,1-3H3/b10-7-,19-16-,20-17-,28-25-,29-26-,32-31-. The number of carbonyl (C=O) groups excluding carboxylic acids is 3. The highest BCUT2D eigenvalue weighted by Gasteiger charge is 2.19. The van der Waals surface area contributed by atoms with Crippen LogP contribution in [0.1, 0.15) is 342 Å². The predicted octanol–water partition coefficient (Wildman–Crippen LogP) is 22.9. The van der Waals surface area contributed by atoms with Crippen LogP contribution in [0.25, 0.3) is 0 Å². The molecule has 0 radical (unpaired) electrons. The minimum Gasteiger partial charge on any atom is -0.462 e. The predicted molar refractivity (Wildman–Crippen MR) is 335 cm³/mol. The minimum atomic E-state index is -0.778. The molecule has 0 saturated heterocycles. The molecular weight excluding hydrogens is 949 g/mol. The molecule has 0 aromatic carbocycles. The quantitative estimate of drug-likeness (QED) is 0.0261. The van der Waals surface area contributed by atoms with Crippen molar-refractivity contribution >= 4 is 17.9 Å². The van der Waals surface area contributed by atoms with Crippen LogP contribution in [0.4, 0.5) is 0 Å². The first-order valence-corrected chi connectivity index (χ1v) is 33.4. The smallest absolute Gasteiger partial charge is 0.306 e. The Labute approximate surface area is 478 Å². The Hall–Kier alpha value is -3.15. The molecule has 0 rings (SSSR count). The van der Waals surface area contributed by atoms with Crippen molar-refractivity contribution in [3.8, 4) is 0 Å². The van der Waals surface area contributed by atoms with Crippen LogP contribution in [-0.2, 0) is 28.6 Å². The number of ether oxygens (including phenoxy) is 3. The maximum atomic E-state index is 12.9. The van der Waals surface area contributed by atoms with E-state index < -0.39 is 6.10 Å². The molecule has 0 aromatic rings. The van der Waals surface area contributed by atoms with Crippen LogP contribution in [0.5, 0.6) is 0 Å². The third-order valence-corrected chi connectivity index (χ3v) is 14.7. The van der Waals surface area contributed by atoms with Gasteiger partial charge in [0, 0.05) is 19.3 Å². The zero-order chi connectivity index (χ0) is 55.7. The fourth-order valence-electron chi connectivity index (χ4n) is 9.70. The van der Waals surface area contributed by atoms with Crippen LogP contribution in [0.3, 0.4) is 0 Å². The summed E-state index contributed by atoms with van der Waals surface area (Å²) in [5.74, 6) is -0.863. The molecule has 0 aromatic heterocycles. The molecule has 6 heteroatoms. The topological polar surface area (TPSA) is 78.9 Å². The Balaban J connectivity index is 4.27. The summed E-state index contributed by atoms with van der Waals surface area (Å²) in [6, 6.07) is 0. The Morgan fingerprint density at radius 2 is 0.506 bits per heavy atom. The van der Waals surface area contributed by atoms with E-state index in [1.54, 1.807) is 0 Å². The van der Waals surface area contributed by atoms with E-state index >= 15 is 0 Å². The largest absolute Gasteiger partial charge is 0.462 e. The van der Waals surface area contributed by atoms with E-state index in [0.29, 0.717) is 19.3 Å². The second-order valence-corrected chi connectivity index (χ2v) is 22.4. The Kier molecular flexibility index (Phi) is 62.7. The van der Waals surface area contributed by atoms with Gasteiger partial charge in [0.1, 0.15) is 13.2 Å². The molecular formula is C71H126O6. The first-order valence-electron chi connectivity index (χ1n) is 33.4. The fraction of sp³-hybridized carbons (Fsp3) is 0.789. The van der Waals surface area contributed by atoms with Gasteiger partial charge in [-0.1, -0.05) is 306 Å². The number of rotatable bonds is 61. The summed E-state index contributed by atoms with van der Waals surface area (Å²) in [7, 11) is 0. The number of allylic oxidation sites excluding steroid dienone is 12. The van der Waals surface area contributed by atoms with E-state index in [1.807, 2.05) is 0 Å². The van der Waals surface area contributed by atoms with E-state index in [0.717, 1.165) is 96.3 Å². The Morgan fingerprint density at radius 3 is 0.818 bits per heavy atom. The molecule has 0 heterocycles. The lowest BCUT2D eigenvalue weighted by Crippen LogP contribution is -2.30. The summed E-state index contributed by atoms with van der Waals surface area (Å²) < 4.78 is 17.0. The first kappa shape index (κ1) is 73.8. The SMILES string of the molecule is CC/C=C\C/C=C\C/C=C\C/C=C\CCCCCCCCCCCCCCCCC(=O)OCC(COC(=O)CCCCCCCCCCCCCCCCC)OC(=O)CCCCCCCCC/C=C\C/C=C\CCCCC. The van der Waals surface area contributed by atoms with Crippen LogP contribution in [0.2, 0.25) is 0 Å². The van der Waals surface area contributed by atoms with Gasteiger partial charge in [-0.05, 0) is 89.9 Å². The van der Waals surface area contributed by atoms with E-state index in [9.17, 15) is 14.4 Å². The molecule has 0 amide bonds. The summed E-state index contributed by atoms with van der Waals surface area (Å²) in [5.41, 5.74) is 0. The van der Waals surface area contributed by atoms with Gasteiger partial charge < -0.3 is 14.2 Å². The molecule has 0 aliphatic rings. The number of unbranched alkanes of at least 4 members (excludes halogenated alkanes) is 38. The summed E-state index contributed by atoms with van der Waals surface area (Å²) in [5, 5.41) is 0. The molecule has 1 atom stereocenters. The zero-order valence-electron chi connectivity index (χ0n) is 51.2. The fourth-order valence-corrected chi connectivity index (χ4v) is 9.70. The van der Waals surface area contributed by atoms with E-state index in [4.69, 9.17) is 14.2 Å². The van der Waals surface area contributed by atoms with E-state index in [2.05, 4.69) is 93.7 Å². The highest BCUT2D eigenvalue weighted by atomic mass is 16.6. The molecule has 0 fully saturated rings. The number of hydrogen-bond acceptors (Lipinski definition) is 6. The highest BCUT2D eigenvalue weighted by molar-refractivity contribution is 5.71. The van der Waals surface area contributed by atoms with Gasteiger partial charge in [0.25, 0.3) is 0 Å². The molecule has 0 spiro atoms. The average Bonchev–Trinajstić information content (AvgIpc) is 3.43. The van der Waals surface area contributed by atoms with Crippen LogP contribution < -0.4 is 0 Å². The maximum absolute atomic E-state index is 12.9. The van der Waals surface area contributed by atoms with Gasteiger partial charge in [0.15, 0.2) is 6.10 Å². The van der Waals surface area contributed by atoms with Crippen molar-refractivity contribution < 1.29 is 28.6 Å². The molecule has 1 unspecified atom stereocenters. The lowest BCUT2D eigenvalue weighted by atomic mass is 10.0. The highest BCUT2D eigenvalue weighted by Crippen LogP contribution is 2.17. The maximum Gasteiger partial charge on any atom is 0.306 e. The van der Waals surface area contributed by atoms with E-state index in [1.165, 1.54) is 205 Å². The lowest BCUT2D eigenvalue weighted by molar-refractivity contribution is -0.167. The molecule has 0 aliphatic carbocycles. The molecule has 0 bridgehead atoms. The molecule has 446 valence electrons. The molecule has 0 saturated carbocycles. The third-order valence-electron chi connectivity index (χ3n) is 14.7. The van der Waals surface area contributed by atoms with Crippen molar-refractivity contribution in [2.45, 2.75) is 348 Å². The summed E-state index contributed by atoms with van der Waals surface area (Å²) in [6.07, 6.45) is 84.8. The van der Waals surface area contributed by atoms with Crippen molar-refractivity contribution in [3.63, 3.8) is 0 Å².